The van der Waals surface area contributed by atoms with Crippen molar-refractivity contribution in [3.63, 3.8) is 0 Å². The molecule has 0 bridgehead atoms. The maximum atomic E-state index is 12.5. The van der Waals surface area contributed by atoms with Gasteiger partial charge >= 0.3 is 0 Å². The van der Waals surface area contributed by atoms with Crippen molar-refractivity contribution >= 4 is 11.8 Å². The fourth-order valence-electron chi connectivity index (χ4n) is 3.34. The van der Waals surface area contributed by atoms with E-state index in [1.165, 1.54) is 5.56 Å². The number of aryl methyl sites for hydroxylation is 2. The van der Waals surface area contributed by atoms with Gasteiger partial charge in [0.15, 0.2) is 0 Å². The molecule has 2 N–H and O–H groups in total. The molecule has 1 fully saturated rings. The number of primary amides is 1. The van der Waals surface area contributed by atoms with Crippen molar-refractivity contribution in [3.05, 3.63) is 29.3 Å². The number of piperidine rings is 1. The summed E-state index contributed by atoms with van der Waals surface area (Å²) in [6, 6.07) is 6.17. The largest absolute Gasteiger partial charge is 0.493 e. The van der Waals surface area contributed by atoms with E-state index in [-0.39, 0.29) is 24.3 Å². The lowest BCUT2D eigenvalue weighted by molar-refractivity contribution is -0.136. The molecule has 1 aliphatic rings. The lowest BCUT2D eigenvalue weighted by atomic mass is 9.98. The molecule has 2 rings (SSSR count). The number of nitrogens with zero attached hydrogens (tertiary/aromatic N) is 1. The summed E-state index contributed by atoms with van der Waals surface area (Å²) < 4.78 is 5.83. The zero-order valence-corrected chi connectivity index (χ0v) is 15.4. The lowest BCUT2D eigenvalue weighted by Gasteiger charge is -2.35. The fourth-order valence-corrected chi connectivity index (χ4v) is 3.34. The SMILES string of the molecule is Cc1ccc(C)c(OCCCCC(=O)N2CCCCC2CC(N)=O)c1. The van der Waals surface area contributed by atoms with Crippen molar-refractivity contribution in [2.45, 2.75) is 64.8 Å². The number of carbonyl (C=O) groups excluding carboxylic acids is 2. The molecule has 1 atom stereocenters. The van der Waals surface area contributed by atoms with Crippen molar-refractivity contribution in [2.24, 2.45) is 5.73 Å². The number of ether oxygens (including phenoxy) is 1. The molecule has 0 radical (unpaired) electrons. The van der Waals surface area contributed by atoms with Crippen LogP contribution in [0.25, 0.3) is 0 Å². The Bertz CT molecular complexity index is 601. The van der Waals surface area contributed by atoms with Crippen molar-refractivity contribution in [1.82, 2.24) is 4.90 Å². The van der Waals surface area contributed by atoms with Crippen molar-refractivity contribution in [1.29, 1.82) is 0 Å². The second-order valence-electron chi connectivity index (χ2n) is 6.98. The van der Waals surface area contributed by atoms with Crippen LogP contribution in [-0.4, -0.2) is 35.9 Å². The summed E-state index contributed by atoms with van der Waals surface area (Å²) in [6.07, 6.45) is 5.37. The molecule has 1 aliphatic heterocycles. The van der Waals surface area contributed by atoms with Gasteiger partial charge in [0, 0.05) is 25.4 Å². The van der Waals surface area contributed by atoms with Gasteiger partial charge in [0.2, 0.25) is 11.8 Å². The van der Waals surface area contributed by atoms with Gasteiger partial charge in [0.25, 0.3) is 0 Å². The number of carbonyl (C=O) groups is 2. The highest BCUT2D eigenvalue weighted by atomic mass is 16.5. The van der Waals surface area contributed by atoms with Crippen LogP contribution < -0.4 is 10.5 Å². The molecule has 0 spiro atoms. The molecular formula is C20H30N2O3. The Hall–Kier alpha value is -2.04. The summed E-state index contributed by atoms with van der Waals surface area (Å²) >= 11 is 0. The Labute approximate surface area is 150 Å². The number of likely N-dealkylation sites (tertiary alicyclic amines) is 1. The Morgan fingerprint density at radius 2 is 2.04 bits per heavy atom. The molecule has 5 heteroatoms. The van der Waals surface area contributed by atoms with Gasteiger partial charge in [-0.2, -0.15) is 0 Å². The fraction of sp³-hybridized carbons (Fsp3) is 0.600. The number of rotatable bonds is 8. The topological polar surface area (TPSA) is 72.6 Å². The number of unbranched alkanes of at least 4 members (excludes halogenated alkanes) is 1. The molecule has 1 saturated heterocycles. The molecule has 0 aliphatic carbocycles. The van der Waals surface area contributed by atoms with Gasteiger partial charge in [-0.1, -0.05) is 12.1 Å². The summed E-state index contributed by atoms with van der Waals surface area (Å²) in [7, 11) is 0. The van der Waals surface area contributed by atoms with E-state index in [4.69, 9.17) is 10.5 Å². The zero-order valence-electron chi connectivity index (χ0n) is 15.4. The van der Waals surface area contributed by atoms with E-state index in [9.17, 15) is 9.59 Å². The molecule has 138 valence electrons. The van der Waals surface area contributed by atoms with Gasteiger partial charge in [-0.25, -0.2) is 0 Å². The van der Waals surface area contributed by atoms with E-state index >= 15 is 0 Å². The highest BCUT2D eigenvalue weighted by Crippen LogP contribution is 2.22. The van der Waals surface area contributed by atoms with Crippen LogP contribution in [0.3, 0.4) is 0 Å². The smallest absolute Gasteiger partial charge is 0.222 e. The van der Waals surface area contributed by atoms with Crippen LogP contribution >= 0.6 is 0 Å². The Kier molecular flexibility index (Phi) is 7.29. The van der Waals surface area contributed by atoms with E-state index in [0.717, 1.165) is 50.0 Å². The molecule has 0 saturated carbocycles. The quantitative estimate of drug-likeness (QED) is 0.735. The molecule has 0 aromatic heterocycles. The van der Waals surface area contributed by atoms with Crippen LogP contribution in [0.15, 0.2) is 18.2 Å². The number of benzene rings is 1. The summed E-state index contributed by atoms with van der Waals surface area (Å²) in [5.74, 6) is 0.730. The predicted octanol–water partition coefficient (Wildman–Crippen LogP) is 3.11. The Morgan fingerprint density at radius 1 is 1.24 bits per heavy atom. The first-order valence-corrected chi connectivity index (χ1v) is 9.25. The second kappa shape index (κ2) is 9.44. The highest BCUT2D eigenvalue weighted by Gasteiger charge is 2.27. The summed E-state index contributed by atoms with van der Waals surface area (Å²) in [6.45, 7) is 5.44. The predicted molar refractivity (Wildman–Crippen MR) is 98.4 cm³/mol. The van der Waals surface area contributed by atoms with Gasteiger partial charge in [0.1, 0.15) is 5.75 Å². The Balaban J connectivity index is 1.72. The average molecular weight is 346 g/mol. The van der Waals surface area contributed by atoms with E-state index in [0.29, 0.717) is 13.0 Å². The summed E-state index contributed by atoms with van der Waals surface area (Å²) in [4.78, 5) is 25.5. The third kappa shape index (κ3) is 6.07. The van der Waals surface area contributed by atoms with Gasteiger partial charge in [-0.05, 0) is 63.1 Å². The minimum Gasteiger partial charge on any atom is -0.493 e. The van der Waals surface area contributed by atoms with Crippen molar-refractivity contribution < 1.29 is 14.3 Å². The van der Waals surface area contributed by atoms with Crippen LogP contribution in [0.5, 0.6) is 5.75 Å². The maximum absolute atomic E-state index is 12.5. The number of hydrogen-bond donors (Lipinski definition) is 1. The normalized spacial score (nSPS) is 17.4. The molecule has 2 amide bonds. The first-order chi connectivity index (χ1) is 12.0. The van der Waals surface area contributed by atoms with Gasteiger partial charge in [-0.3, -0.25) is 9.59 Å². The van der Waals surface area contributed by atoms with E-state index < -0.39 is 0 Å². The third-order valence-electron chi connectivity index (χ3n) is 4.77. The maximum Gasteiger partial charge on any atom is 0.222 e. The van der Waals surface area contributed by atoms with E-state index in [1.807, 2.05) is 24.8 Å². The molecule has 1 aromatic rings. The molecule has 1 heterocycles. The number of hydrogen-bond acceptors (Lipinski definition) is 3. The van der Waals surface area contributed by atoms with Crippen molar-refractivity contribution in [3.8, 4) is 5.75 Å². The molecule has 1 aromatic carbocycles. The molecular weight excluding hydrogens is 316 g/mol. The number of amides is 2. The number of nitrogens with two attached hydrogens (primary N) is 1. The van der Waals surface area contributed by atoms with Crippen molar-refractivity contribution in [2.75, 3.05) is 13.2 Å². The minimum absolute atomic E-state index is 0.00931. The van der Waals surface area contributed by atoms with E-state index in [2.05, 4.69) is 12.1 Å². The lowest BCUT2D eigenvalue weighted by Crippen LogP contribution is -2.45. The molecule has 5 nitrogen and oxygen atoms in total. The van der Waals surface area contributed by atoms with Gasteiger partial charge < -0.3 is 15.4 Å². The molecule has 1 unspecified atom stereocenters. The average Bonchev–Trinajstić information content (AvgIpc) is 2.57. The van der Waals surface area contributed by atoms with Gasteiger partial charge in [0.05, 0.1) is 6.61 Å². The third-order valence-corrected chi connectivity index (χ3v) is 4.77. The van der Waals surface area contributed by atoms with E-state index in [1.54, 1.807) is 0 Å². The second-order valence-corrected chi connectivity index (χ2v) is 6.98. The summed E-state index contributed by atoms with van der Waals surface area (Å²) in [5.41, 5.74) is 7.62. The monoisotopic (exact) mass is 346 g/mol. The van der Waals surface area contributed by atoms with Crippen LogP contribution in [0.2, 0.25) is 0 Å². The summed E-state index contributed by atoms with van der Waals surface area (Å²) in [5, 5.41) is 0. The Morgan fingerprint density at radius 3 is 2.80 bits per heavy atom. The first-order valence-electron chi connectivity index (χ1n) is 9.25. The van der Waals surface area contributed by atoms with Crippen LogP contribution in [0, 0.1) is 13.8 Å². The standard InChI is InChI=1S/C20H30N2O3/c1-15-9-10-16(2)18(13-15)25-12-6-4-8-20(24)22-11-5-3-7-17(22)14-19(21)23/h9-10,13,17H,3-8,11-12,14H2,1-2H3,(H2,21,23). The van der Waals surface area contributed by atoms with Crippen LogP contribution in [0.1, 0.15) is 56.1 Å². The van der Waals surface area contributed by atoms with Crippen LogP contribution in [-0.2, 0) is 9.59 Å². The first kappa shape index (κ1) is 19.3. The molecule has 25 heavy (non-hydrogen) atoms. The zero-order chi connectivity index (χ0) is 18.2. The van der Waals surface area contributed by atoms with Gasteiger partial charge in [-0.15, -0.1) is 0 Å². The highest BCUT2D eigenvalue weighted by molar-refractivity contribution is 5.79. The van der Waals surface area contributed by atoms with Crippen LogP contribution in [0.4, 0.5) is 0 Å². The minimum atomic E-state index is -0.327.